The van der Waals surface area contributed by atoms with Crippen LogP contribution >= 0.6 is 0 Å². The number of Topliss-reactive ketones (excluding diaryl/α,β-unsaturated/α-hetero) is 1. The van der Waals surface area contributed by atoms with Gasteiger partial charge in [0, 0.05) is 56.9 Å². The number of allylic oxidation sites excluding steroid dienone is 4. The van der Waals surface area contributed by atoms with Crippen molar-refractivity contribution in [3.63, 3.8) is 0 Å². The highest BCUT2D eigenvalue weighted by Gasteiger charge is 2.59. The molecule has 5 aliphatic rings. The number of carbonyl (C=O) groups is 2. The molecule has 0 spiro atoms. The minimum absolute atomic E-state index is 0.0682. The molecule has 4 aliphatic carbocycles. The van der Waals surface area contributed by atoms with Gasteiger partial charge in [-0.1, -0.05) is 44.1 Å². The summed E-state index contributed by atoms with van der Waals surface area (Å²) in [5, 5.41) is 3.31. The number of nitrogens with one attached hydrogen (secondary N) is 1. The second-order valence-electron chi connectivity index (χ2n) is 14.1. The molecule has 1 aromatic heterocycles. The molecule has 1 aromatic rings. The molecule has 3 fully saturated rings. The summed E-state index contributed by atoms with van der Waals surface area (Å²) in [6, 6.07) is 6.21. The highest BCUT2D eigenvalue weighted by atomic mass is 16.1. The van der Waals surface area contributed by atoms with E-state index in [0.29, 0.717) is 42.2 Å². The molecule has 1 aliphatic heterocycles. The first-order chi connectivity index (χ1) is 19.7. The van der Waals surface area contributed by atoms with Crippen LogP contribution in [-0.4, -0.2) is 60.7 Å². The van der Waals surface area contributed by atoms with Crippen LogP contribution in [0, 0.1) is 34.5 Å². The SMILES string of the molecule is CCNc1cccc(N2CCN(CCCC(=O)[C@H]3[C@H](C)C[C@H]4[C@@H]5CCC6=CC(=O)CC[C@]6(C)C5=CC[C@@]43C)CC2)n1. The van der Waals surface area contributed by atoms with Crippen LogP contribution < -0.4 is 10.2 Å². The van der Waals surface area contributed by atoms with Gasteiger partial charge in [0.25, 0.3) is 0 Å². The van der Waals surface area contributed by atoms with Gasteiger partial charge in [-0.25, -0.2) is 4.98 Å². The van der Waals surface area contributed by atoms with Crippen molar-refractivity contribution in [3.8, 4) is 0 Å². The number of pyridine rings is 1. The van der Waals surface area contributed by atoms with Crippen LogP contribution in [0.1, 0.15) is 79.1 Å². The second-order valence-corrected chi connectivity index (χ2v) is 14.1. The maximum absolute atomic E-state index is 13.9. The fourth-order valence-corrected chi connectivity index (χ4v) is 9.62. The summed E-state index contributed by atoms with van der Waals surface area (Å²) in [5.74, 6) is 4.62. The fourth-order valence-electron chi connectivity index (χ4n) is 9.62. The van der Waals surface area contributed by atoms with Crippen LogP contribution in [0.4, 0.5) is 11.6 Å². The number of rotatable bonds is 8. The number of fused-ring (bicyclic) bond motifs is 5. The van der Waals surface area contributed by atoms with E-state index in [9.17, 15) is 9.59 Å². The van der Waals surface area contributed by atoms with Crippen molar-refractivity contribution < 1.29 is 9.59 Å². The van der Waals surface area contributed by atoms with Gasteiger partial charge in [-0.05, 0) is 93.4 Å². The average Bonchev–Trinajstić information content (AvgIpc) is 3.24. The molecule has 222 valence electrons. The lowest BCUT2D eigenvalue weighted by Crippen LogP contribution is -2.47. The maximum atomic E-state index is 13.9. The minimum atomic E-state index is 0.0682. The van der Waals surface area contributed by atoms with Crippen molar-refractivity contribution in [2.45, 2.75) is 79.1 Å². The number of carbonyl (C=O) groups excluding carboxylic acids is 2. The van der Waals surface area contributed by atoms with Gasteiger partial charge in [0.2, 0.25) is 0 Å². The minimum Gasteiger partial charge on any atom is -0.370 e. The number of ketones is 2. The second kappa shape index (κ2) is 11.3. The number of nitrogens with zero attached hydrogens (tertiary/aromatic N) is 3. The van der Waals surface area contributed by atoms with Crippen molar-refractivity contribution in [1.82, 2.24) is 9.88 Å². The molecule has 6 nitrogen and oxygen atoms in total. The normalized spacial score (nSPS) is 35.2. The van der Waals surface area contributed by atoms with Crippen LogP contribution in [0.3, 0.4) is 0 Å². The number of piperazine rings is 1. The van der Waals surface area contributed by atoms with E-state index in [2.05, 4.69) is 61.0 Å². The third kappa shape index (κ3) is 5.19. The van der Waals surface area contributed by atoms with Crippen molar-refractivity contribution in [2.24, 2.45) is 34.5 Å². The van der Waals surface area contributed by atoms with Gasteiger partial charge in [0.05, 0.1) is 0 Å². The van der Waals surface area contributed by atoms with Crippen LogP contribution in [0.5, 0.6) is 0 Å². The Labute approximate surface area is 247 Å². The Balaban J connectivity index is 1.04. The first kappa shape index (κ1) is 28.6. The molecular formula is C35H50N4O2. The monoisotopic (exact) mass is 558 g/mol. The lowest BCUT2D eigenvalue weighted by atomic mass is 9.51. The van der Waals surface area contributed by atoms with Crippen LogP contribution in [0.25, 0.3) is 0 Å². The van der Waals surface area contributed by atoms with E-state index in [0.717, 1.165) is 83.0 Å². The van der Waals surface area contributed by atoms with Gasteiger partial charge >= 0.3 is 0 Å². The molecule has 0 aromatic carbocycles. The molecule has 1 saturated heterocycles. The molecule has 6 heteroatoms. The zero-order chi connectivity index (χ0) is 28.8. The van der Waals surface area contributed by atoms with Gasteiger partial charge in [-0.2, -0.15) is 0 Å². The summed E-state index contributed by atoms with van der Waals surface area (Å²) in [6.45, 7) is 15.2. The third-order valence-electron chi connectivity index (χ3n) is 11.7. The molecule has 0 bridgehead atoms. The summed E-state index contributed by atoms with van der Waals surface area (Å²) in [5.41, 5.74) is 3.12. The van der Waals surface area contributed by atoms with Crippen molar-refractivity contribution in [1.29, 1.82) is 0 Å². The van der Waals surface area contributed by atoms with E-state index >= 15 is 0 Å². The quantitative estimate of drug-likeness (QED) is 0.378. The summed E-state index contributed by atoms with van der Waals surface area (Å²) in [4.78, 5) is 35.7. The summed E-state index contributed by atoms with van der Waals surface area (Å²) in [6.07, 6.45) is 12.2. The molecule has 6 rings (SSSR count). The zero-order valence-corrected chi connectivity index (χ0v) is 25.8. The standard InChI is InChI=1S/C35H50N4O2/c1-5-36-31-9-6-10-32(37-31)39-20-18-38(19-21-39)17-7-8-30(41)33-24(2)22-29-27-12-11-25-23-26(40)13-15-34(25,3)28(27)14-16-35(29,33)4/h6,9-10,14,23-24,27,29,33H,5,7-8,11-13,15-22H2,1-4H3,(H,36,37)/t24-,27-,29+,33-,34+,35+/m1/s1. The van der Waals surface area contributed by atoms with Crippen LogP contribution in [-0.2, 0) is 9.59 Å². The number of hydrogen-bond donors (Lipinski definition) is 1. The summed E-state index contributed by atoms with van der Waals surface area (Å²) >= 11 is 0. The van der Waals surface area contributed by atoms with E-state index in [1.807, 2.05) is 12.1 Å². The zero-order valence-electron chi connectivity index (χ0n) is 25.8. The Morgan fingerprint density at radius 1 is 1.15 bits per heavy atom. The summed E-state index contributed by atoms with van der Waals surface area (Å²) in [7, 11) is 0. The molecule has 41 heavy (non-hydrogen) atoms. The smallest absolute Gasteiger partial charge is 0.155 e. The first-order valence-electron chi connectivity index (χ1n) is 16.4. The number of hydrogen-bond acceptors (Lipinski definition) is 6. The van der Waals surface area contributed by atoms with Crippen molar-refractivity contribution in [2.75, 3.05) is 49.5 Å². The van der Waals surface area contributed by atoms with Crippen LogP contribution in [0.15, 0.2) is 41.5 Å². The van der Waals surface area contributed by atoms with Crippen molar-refractivity contribution >= 4 is 23.2 Å². The molecule has 2 saturated carbocycles. The van der Waals surface area contributed by atoms with E-state index in [4.69, 9.17) is 4.98 Å². The van der Waals surface area contributed by atoms with Gasteiger partial charge in [0.15, 0.2) is 5.78 Å². The van der Waals surface area contributed by atoms with E-state index in [1.54, 1.807) is 5.57 Å². The maximum Gasteiger partial charge on any atom is 0.155 e. The van der Waals surface area contributed by atoms with Crippen molar-refractivity contribution in [3.05, 3.63) is 41.5 Å². The lowest BCUT2D eigenvalue weighted by Gasteiger charge is -2.53. The highest BCUT2D eigenvalue weighted by molar-refractivity contribution is 5.92. The average molecular weight is 559 g/mol. The molecule has 0 unspecified atom stereocenters. The lowest BCUT2D eigenvalue weighted by molar-refractivity contribution is -0.128. The number of aromatic nitrogens is 1. The molecule has 6 atom stereocenters. The molecular weight excluding hydrogens is 508 g/mol. The summed E-state index contributed by atoms with van der Waals surface area (Å²) < 4.78 is 0. The van der Waals surface area contributed by atoms with Gasteiger partial charge < -0.3 is 10.2 Å². The third-order valence-corrected chi connectivity index (χ3v) is 11.7. The molecule has 1 N–H and O–H groups in total. The van der Waals surface area contributed by atoms with E-state index < -0.39 is 0 Å². The van der Waals surface area contributed by atoms with Gasteiger partial charge in [-0.15, -0.1) is 0 Å². The Morgan fingerprint density at radius 3 is 2.73 bits per heavy atom. The largest absolute Gasteiger partial charge is 0.370 e. The number of anilines is 2. The predicted molar refractivity (Wildman–Crippen MR) is 166 cm³/mol. The Hall–Kier alpha value is -2.47. The topological polar surface area (TPSA) is 65.5 Å². The highest BCUT2D eigenvalue weighted by Crippen LogP contribution is 2.65. The molecule has 2 heterocycles. The van der Waals surface area contributed by atoms with E-state index in [-0.39, 0.29) is 16.7 Å². The Bertz CT molecular complexity index is 1230. The van der Waals surface area contributed by atoms with Gasteiger partial charge in [0.1, 0.15) is 17.4 Å². The van der Waals surface area contributed by atoms with Crippen LogP contribution in [0.2, 0.25) is 0 Å². The molecule has 0 amide bonds. The molecule has 0 radical (unpaired) electrons. The van der Waals surface area contributed by atoms with Gasteiger partial charge in [-0.3, -0.25) is 14.5 Å². The fraction of sp³-hybridized carbons (Fsp3) is 0.686. The van der Waals surface area contributed by atoms with E-state index in [1.165, 1.54) is 12.0 Å². The predicted octanol–water partition coefficient (Wildman–Crippen LogP) is 6.30. The Kier molecular flexibility index (Phi) is 7.90. The Morgan fingerprint density at radius 2 is 1.95 bits per heavy atom. The first-order valence-corrected chi connectivity index (χ1v) is 16.4.